The fourth-order valence-electron chi connectivity index (χ4n) is 1.97. The summed E-state index contributed by atoms with van der Waals surface area (Å²) in [6, 6.07) is 1.85. The quantitative estimate of drug-likeness (QED) is 0.802. The Bertz CT molecular complexity index is 540. The molecule has 7 heteroatoms. The molecule has 0 aliphatic heterocycles. The molecule has 0 aliphatic rings. The van der Waals surface area contributed by atoms with E-state index < -0.39 is 27.5 Å². The molecule has 0 aromatic heterocycles. The molecular formula is C13H18BrF2NO2S. The second-order valence-electron chi connectivity index (χ2n) is 4.50. The Morgan fingerprint density at radius 2 is 1.85 bits per heavy atom. The van der Waals surface area contributed by atoms with Crippen molar-refractivity contribution in [3.63, 3.8) is 0 Å². The number of sulfone groups is 1. The zero-order valence-electron chi connectivity index (χ0n) is 11.4. The number of nitrogens with one attached hydrogen (secondary N) is 1. The van der Waals surface area contributed by atoms with Crippen molar-refractivity contribution in [1.82, 2.24) is 5.32 Å². The highest BCUT2D eigenvalue weighted by molar-refractivity contribution is 9.10. The van der Waals surface area contributed by atoms with Crippen molar-refractivity contribution in [3.05, 3.63) is 33.8 Å². The third-order valence-electron chi connectivity index (χ3n) is 3.13. The lowest BCUT2D eigenvalue weighted by Gasteiger charge is -2.18. The molecule has 1 N–H and O–H groups in total. The molecule has 0 amide bonds. The molecule has 0 bridgehead atoms. The summed E-state index contributed by atoms with van der Waals surface area (Å²) in [6.45, 7) is 1.58. The Kier molecular flexibility index (Phi) is 6.54. The molecule has 0 heterocycles. The van der Waals surface area contributed by atoms with E-state index in [2.05, 4.69) is 21.2 Å². The van der Waals surface area contributed by atoms with Crippen molar-refractivity contribution >= 4 is 25.8 Å². The Labute approximate surface area is 126 Å². The van der Waals surface area contributed by atoms with Crippen LogP contribution in [-0.2, 0) is 9.84 Å². The van der Waals surface area contributed by atoms with Crippen molar-refractivity contribution in [2.24, 2.45) is 0 Å². The molecule has 1 unspecified atom stereocenters. The zero-order valence-corrected chi connectivity index (χ0v) is 13.8. The van der Waals surface area contributed by atoms with Crippen LogP contribution < -0.4 is 5.32 Å². The SMILES string of the molecule is CCS(=O)(=O)CCCC(NC)c1c(F)cc(Br)cc1F. The van der Waals surface area contributed by atoms with E-state index in [9.17, 15) is 17.2 Å². The normalized spacial score (nSPS) is 13.4. The Balaban J connectivity index is 2.82. The average molecular weight is 370 g/mol. The van der Waals surface area contributed by atoms with Crippen LogP contribution in [0.2, 0.25) is 0 Å². The molecule has 114 valence electrons. The highest BCUT2D eigenvalue weighted by atomic mass is 79.9. The third kappa shape index (κ3) is 4.79. The van der Waals surface area contributed by atoms with Crippen molar-refractivity contribution in [1.29, 1.82) is 0 Å². The maximum Gasteiger partial charge on any atom is 0.150 e. The molecule has 1 aromatic carbocycles. The van der Waals surface area contributed by atoms with Crippen LogP contribution in [0.15, 0.2) is 16.6 Å². The summed E-state index contributed by atoms with van der Waals surface area (Å²) < 4.78 is 50.8. The monoisotopic (exact) mass is 369 g/mol. The fraction of sp³-hybridized carbons (Fsp3) is 0.538. The van der Waals surface area contributed by atoms with Gasteiger partial charge in [-0.15, -0.1) is 0 Å². The van der Waals surface area contributed by atoms with Gasteiger partial charge in [0.1, 0.15) is 21.5 Å². The number of hydrogen-bond acceptors (Lipinski definition) is 3. The molecule has 0 spiro atoms. The van der Waals surface area contributed by atoms with Gasteiger partial charge >= 0.3 is 0 Å². The van der Waals surface area contributed by atoms with Crippen molar-refractivity contribution < 1.29 is 17.2 Å². The molecule has 20 heavy (non-hydrogen) atoms. The maximum absolute atomic E-state index is 13.8. The number of benzene rings is 1. The fourth-order valence-corrected chi connectivity index (χ4v) is 3.27. The van der Waals surface area contributed by atoms with Gasteiger partial charge in [0.15, 0.2) is 0 Å². The minimum absolute atomic E-state index is 0.0292. The zero-order chi connectivity index (χ0) is 15.3. The molecular weight excluding hydrogens is 352 g/mol. The molecule has 1 aromatic rings. The van der Waals surface area contributed by atoms with Crippen LogP contribution in [0.5, 0.6) is 0 Å². The first-order valence-corrected chi connectivity index (χ1v) is 8.94. The summed E-state index contributed by atoms with van der Waals surface area (Å²) >= 11 is 3.03. The van der Waals surface area contributed by atoms with E-state index in [1.54, 1.807) is 14.0 Å². The molecule has 1 rings (SSSR count). The summed E-state index contributed by atoms with van der Waals surface area (Å²) in [5, 5.41) is 2.83. The first-order chi connectivity index (χ1) is 9.30. The highest BCUT2D eigenvalue weighted by Gasteiger charge is 2.20. The lowest BCUT2D eigenvalue weighted by Crippen LogP contribution is -2.20. The first kappa shape index (κ1) is 17.5. The van der Waals surface area contributed by atoms with Crippen LogP contribution >= 0.6 is 15.9 Å². The Morgan fingerprint density at radius 3 is 2.30 bits per heavy atom. The van der Waals surface area contributed by atoms with E-state index in [-0.39, 0.29) is 17.1 Å². The van der Waals surface area contributed by atoms with E-state index in [1.165, 1.54) is 12.1 Å². The summed E-state index contributed by atoms with van der Waals surface area (Å²) in [5.41, 5.74) is -0.0513. The lowest BCUT2D eigenvalue weighted by molar-refractivity contribution is 0.467. The number of rotatable bonds is 7. The van der Waals surface area contributed by atoms with Crippen molar-refractivity contribution in [2.45, 2.75) is 25.8 Å². The van der Waals surface area contributed by atoms with E-state index in [1.807, 2.05) is 0 Å². The van der Waals surface area contributed by atoms with Gasteiger partial charge < -0.3 is 5.32 Å². The van der Waals surface area contributed by atoms with Gasteiger partial charge in [-0.3, -0.25) is 0 Å². The largest absolute Gasteiger partial charge is 0.313 e. The summed E-state index contributed by atoms with van der Waals surface area (Å²) in [7, 11) is -1.46. The van der Waals surface area contributed by atoms with Crippen LogP contribution in [0.25, 0.3) is 0 Å². The van der Waals surface area contributed by atoms with Crippen LogP contribution in [0, 0.1) is 11.6 Å². The van der Waals surface area contributed by atoms with Crippen LogP contribution in [-0.4, -0.2) is 27.0 Å². The Morgan fingerprint density at radius 1 is 1.30 bits per heavy atom. The van der Waals surface area contributed by atoms with Gasteiger partial charge in [-0.05, 0) is 32.0 Å². The molecule has 3 nitrogen and oxygen atoms in total. The molecule has 0 fully saturated rings. The predicted molar refractivity (Wildman–Crippen MR) is 79.4 cm³/mol. The van der Waals surface area contributed by atoms with Gasteiger partial charge in [0, 0.05) is 21.8 Å². The predicted octanol–water partition coefficient (Wildman–Crippen LogP) is 3.20. The van der Waals surface area contributed by atoms with Gasteiger partial charge in [-0.1, -0.05) is 22.9 Å². The van der Waals surface area contributed by atoms with Gasteiger partial charge in [0.05, 0.1) is 5.75 Å². The molecule has 0 saturated heterocycles. The minimum Gasteiger partial charge on any atom is -0.313 e. The lowest BCUT2D eigenvalue weighted by atomic mass is 10.0. The first-order valence-electron chi connectivity index (χ1n) is 6.33. The third-order valence-corrected chi connectivity index (χ3v) is 5.38. The van der Waals surface area contributed by atoms with Gasteiger partial charge in [-0.2, -0.15) is 0 Å². The van der Waals surface area contributed by atoms with Crippen LogP contribution in [0.4, 0.5) is 8.78 Å². The standard InChI is InChI=1S/C13H18BrF2NO2S/c1-3-20(18,19)6-4-5-12(17-2)13-10(15)7-9(14)8-11(13)16/h7-8,12,17H,3-6H2,1-2H3. The smallest absolute Gasteiger partial charge is 0.150 e. The minimum atomic E-state index is -3.06. The second-order valence-corrected chi connectivity index (χ2v) is 7.89. The maximum atomic E-state index is 13.8. The van der Waals surface area contributed by atoms with Crippen molar-refractivity contribution in [3.8, 4) is 0 Å². The van der Waals surface area contributed by atoms with Gasteiger partial charge in [0.25, 0.3) is 0 Å². The van der Waals surface area contributed by atoms with E-state index in [4.69, 9.17) is 0 Å². The number of halogens is 3. The second kappa shape index (κ2) is 7.47. The Hall–Kier alpha value is -0.530. The topological polar surface area (TPSA) is 46.2 Å². The highest BCUT2D eigenvalue weighted by Crippen LogP contribution is 2.27. The average Bonchev–Trinajstić information content (AvgIpc) is 2.35. The summed E-state index contributed by atoms with van der Waals surface area (Å²) in [4.78, 5) is 0. The van der Waals surface area contributed by atoms with Gasteiger partial charge in [-0.25, -0.2) is 17.2 Å². The summed E-state index contributed by atoms with van der Waals surface area (Å²) in [5.74, 6) is -1.18. The van der Waals surface area contributed by atoms with E-state index in [0.717, 1.165) is 0 Å². The molecule has 0 radical (unpaired) electrons. The van der Waals surface area contributed by atoms with E-state index in [0.29, 0.717) is 17.3 Å². The van der Waals surface area contributed by atoms with Crippen molar-refractivity contribution in [2.75, 3.05) is 18.6 Å². The molecule has 0 saturated carbocycles. The van der Waals surface area contributed by atoms with E-state index >= 15 is 0 Å². The number of hydrogen-bond donors (Lipinski definition) is 1. The molecule has 0 aliphatic carbocycles. The van der Waals surface area contributed by atoms with Gasteiger partial charge in [0.2, 0.25) is 0 Å². The molecule has 1 atom stereocenters. The van der Waals surface area contributed by atoms with Crippen LogP contribution in [0.3, 0.4) is 0 Å². The van der Waals surface area contributed by atoms with Crippen LogP contribution in [0.1, 0.15) is 31.4 Å². The summed E-state index contributed by atoms with van der Waals surface area (Å²) in [6.07, 6.45) is 0.710.